The lowest BCUT2D eigenvalue weighted by Crippen LogP contribution is -2.03. The molecule has 0 saturated carbocycles. The van der Waals surface area contributed by atoms with Crippen molar-refractivity contribution in [1.82, 2.24) is 0 Å². The first kappa shape index (κ1) is 12.5. The van der Waals surface area contributed by atoms with E-state index < -0.39 is 0 Å². The van der Waals surface area contributed by atoms with E-state index in [0.717, 1.165) is 6.42 Å². The average molecular weight is 248 g/mol. The van der Waals surface area contributed by atoms with Crippen molar-refractivity contribution in [2.24, 2.45) is 5.92 Å². The number of benzene rings is 1. The Balaban J connectivity index is 2.68. The molecule has 2 N–H and O–H groups in total. The Morgan fingerprint density at radius 2 is 2.00 bits per heavy atom. The van der Waals surface area contributed by atoms with Crippen LogP contribution in [0.1, 0.15) is 20.3 Å². The Hall–Kier alpha value is -0.600. The average Bonchev–Trinajstić information content (AvgIpc) is 2.08. The van der Waals surface area contributed by atoms with Gasteiger partial charge < -0.3 is 10.5 Å². The summed E-state index contributed by atoms with van der Waals surface area (Å²) >= 11 is 11.7. The van der Waals surface area contributed by atoms with Crippen LogP contribution in [-0.2, 0) is 0 Å². The molecule has 1 aromatic rings. The van der Waals surface area contributed by atoms with Gasteiger partial charge in [0.2, 0.25) is 0 Å². The second-order valence-electron chi connectivity index (χ2n) is 3.84. The van der Waals surface area contributed by atoms with E-state index >= 15 is 0 Å². The number of rotatable bonds is 4. The molecule has 0 heterocycles. The number of halogens is 2. The lowest BCUT2D eigenvalue weighted by molar-refractivity contribution is 0.291. The SMILES string of the molecule is CC(C)CCOc1c(N)cc(Cl)cc1Cl. The lowest BCUT2D eigenvalue weighted by atomic mass is 10.1. The highest BCUT2D eigenvalue weighted by Gasteiger charge is 2.08. The standard InChI is InChI=1S/C11H15Cl2NO/c1-7(2)3-4-15-11-9(13)5-8(12)6-10(11)14/h5-7H,3-4,14H2,1-2H3. The molecule has 84 valence electrons. The maximum atomic E-state index is 5.96. The molecule has 0 aliphatic carbocycles. The fraction of sp³-hybridized carbons (Fsp3) is 0.455. The van der Waals surface area contributed by atoms with Crippen LogP contribution in [0.3, 0.4) is 0 Å². The molecule has 4 heteroatoms. The van der Waals surface area contributed by atoms with Crippen LogP contribution in [0, 0.1) is 5.92 Å². The van der Waals surface area contributed by atoms with Gasteiger partial charge in [-0.25, -0.2) is 0 Å². The van der Waals surface area contributed by atoms with Crippen LogP contribution >= 0.6 is 23.2 Å². The molecule has 0 spiro atoms. The van der Waals surface area contributed by atoms with Crippen LogP contribution in [0.2, 0.25) is 10.0 Å². The Morgan fingerprint density at radius 1 is 1.33 bits per heavy atom. The van der Waals surface area contributed by atoms with Gasteiger partial charge in [0.15, 0.2) is 5.75 Å². The van der Waals surface area contributed by atoms with E-state index in [-0.39, 0.29) is 0 Å². The van der Waals surface area contributed by atoms with E-state index in [0.29, 0.717) is 34.0 Å². The number of hydrogen-bond donors (Lipinski definition) is 1. The molecule has 0 aliphatic heterocycles. The molecule has 1 aromatic carbocycles. The number of anilines is 1. The summed E-state index contributed by atoms with van der Waals surface area (Å²) in [6.45, 7) is 4.88. The Bertz CT molecular complexity index is 316. The highest BCUT2D eigenvalue weighted by atomic mass is 35.5. The van der Waals surface area contributed by atoms with Crippen LogP contribution in [0.15, 0.2) is 12.1 Å². The van der Waals surface area contributed by atoms with Gasteiger partial charge in [0.1, 0.15) is 0 Å². The van der Waals surface area contributed by atoms with Crippen LogP contribution in [-0.4, -0.2) is 6.61 Å². The first-order valence-electron chi connectivity index (χ1n) is 4.88. The number of nitrogen functional groups attached to an aromatic ring is 1. The fourth-order valence-corrected chi connectivity index (χ4v) is 1.69. The molecule has 0 amide bonds. The smallest absolute Gasteiger partial charge is 0.160 e. The van der Waals surface area contributed by atoms with Crippen molar-refractivity contribution in [1.29, 1.82) is 0 Å². The van der Waals surface area contributed by atoms with Gasteiger partial charge in [-0.1, -0.05) is 37.0 Å². The monoisotopic (exact) mass is 247 g/mol. The first-order chi connectivity index (χ1) is 7.00. The summed E-state index contributed by atoms with van der Waals surface area (Å²) in [7, 11) is 0. The van der Waals surface area contributed by atoms with Gasteiger partial charge in [0.25, 0.3) is 0 Å². The topological polar surface area (TPSA) is 35.2 Å². The third-order valence-corrected chi connectivity index (χ3v) is 2.48. The van der Waals surface area contributed by atoms with Crippen molar-refractivity contribution in [3.8, 4) is 5.75 Å². The molecule has 0 aromatic heterocycles. The van der Waals surface area contributed by atoms with Gasteiger partial charge in [-0.3, -0.25) is 0 Å². The van der Waals surface area contributed by atoms with E-state index in [4.69, 9.17) is 33.7 Å². The molecule has 0 unspecified atom stereocenters. The fourth-order valence-electron chi connectivity index (χ4n) is 1.13. The minimum absolute atomic E-state index is 0.462. The summed E-state index contributed by atoms with van der Waals surface area (Å²) in [4.78, 5) is 0. The van der Waals surface area contributed by atoms with Crippen molar-refractivity contribution in [3.63, 3.8) is 0 Å². The number of hydrogen-bond acceptors (Lipinski definition) is 2. The summed E-state index contributed by atoms with van der Waals surface area (Å²) < 4.78 is 5.52. The second-order valence-corrected chi connectivity index (χ2v) is 4.68. The molecule has 0 bridgehead atoms. The zero-order valence-electron chi connectivity index (χ0n) is 8.89. The van der Waals surface area contributed by atoms with Crippen molar-refractivity contribution in [3.05, 3.63) is 22.2 Å². The Labute approximate surface area is 100 Å². The zero-order chi connectivity index (χ0) is 11.4. The molecule has 0 saturated heterocycles. The molecular weight excluding hydrogens is 233 g/mol. The molecule has 1 rings (SSSR count). The molecule has 0 fully saturated rings. The molecule has 15 heavy (non-hydrogen) atoms. The summed E-state index contributed by atoms with van der Waals surface area (Å²) in [5.41, 5.74) is 6.23. The van der Waals surface area contributed by atoms with E-state index in [9.17, 15) is 0 Å². The lowest BCUT2D eigenvalue weighted by Gasteiger charge is -2.12. The van der Waals surface area contributed by atoms with Crippen molar-refractivity contribution < 1.29 is 4.74 Å². The molecule has 2 nitrogen and oxygen atoms in total. The predicted molar refractivity (Wildman–Crippen MR) is 65.8 cm³/mol. The van der Waals surface area contributed by atoms with Crippen LogP contribution < -0.4 is 10.5 Å². The normalized spacial score (nSPS) is 10.7. The second kappa shape index (κ2) is 5.47. The maximum absolute atomic E-state index is 5.96. The van der Waals surface area contributed by atoms with Gasteiger partial charge in [-0.15, -0.1) is 0 Å². The quantitative estimate of drug-likeness (QED) is 0.817. The molecule has 0 aliphatic rings. The largest absolute Gasteiger partial charge is 0.490 e. The van der Waals surface area contributed by atoms with E-state index in [1.54, 1.807) is 12.1 Å². The van der Waals surface area contributed by atoms with E-state index in [2.05, 4.69) is 13.8 Å². The first-order valence-corrected chi connectivity index (χ1v) is 5.63. The minimum Gasteiger partial charge on any atom is -0.490 e. The van der Waals surface area contributed by atoms with Crippen LogP contribution in [0.4, 0.5) is 5.69 Å². The number of ether oxygens (including phenoxy) is 1. The summed E-state index contributed by atoms with van der Waals surface area (Å²) in [5, 5.41) is 0.984. The highest BCUT2D eigenvalue weighted by Crippen LogP contribution is 2.34. The Kier molecular flexibility index (Phi) is 4.55. The summed E-state index contributed by atoms with van der Waals surface area (Å²) in [6, 6.07) is 3.27. The van der Waals surface area contributed by atoms with Crippen molar-refractivity contribution in [2.45, 2.75) is 20.3 Å². The van der Waals surface area contributed by atoms with Gasteiger partial charge in [0, 0.05) is 5.02 Å². The maximum Gasteiger partial charge on any atom is 0.160 e. The molecule has 0 atom stereocenters. The van der Waals surface area contributed by atoms with Crippen molar-refractivity contribution in [2.75, 3.05) is 12.3 Å². The van der Waals surface area contributed by atoms with Crippen LogP contribution in [0.25, 0.3) is 0 Å². The Morgan fingerprint density at radius 3 is 2.53 bits per heavy atom. The van der Waals surface area contributed by atoms with Gasteiger partial charge in [-0.2, -0.15) is 0 Å². The van der Waals surface area contributed by atoms with Gasteiger partial charge in [0.05, 0.1) is 17.3 Å². The minimum atomic E-state index is 0.462. The highest BCUT2D eigenvalue weighted by molar-refractivity contribution is 6.36. The predicted octanol–water partition coefficient (Wildman–Crippen LogP) is 4.00. The van der Waals surface area contributed by atoms with Gasteiger partial charge >= 0.3 is 0 Å². The third-order valence-electron chi connectivity index (χ3n) is 1.98. The van der Waals surface area contributed by atoms with E-state index in [1.807, 2.05) is 0 Å². The van der Waals surface area contributed by atoms with Crippen molar-refractivity contribution >= 4 is 28.9 Å². The molecular formula is C11H15Cl2NO. The summed E-state index contributed by atoms with van der Waals surface area (Å²) in [5.74, 6) is 1.12. The summed E-state index contributed by atoms with van der Waals surface area (Å²) in [6.07, 6.45) is 0.971. The molecule has 0 radical (unpaired) electrons. The third kappa shape index (κ3) is 3.80. The zero-order valence-corrected chi connectivity index (χ0v) is 10.4. The van der Waals surface area contributed by atoms with E-state index in [1.165, 1.54) is 0 Å². The van der Waals surface area contributed by atoms with Crippen LogP contribution in [0.5, 0.6) is 5.75 Å². The van der Waals surface area contributed by atoms with Gasteiger partial charge in [-0.05, 0) is 24.5 Å². The number of nitrogens with two attached hydrogens (primary N) is 1.